The molecule has 94 valence electrons. The molecule has 1 rings (SSSR count). The third-order valence-electron chi connectivity index (χ3n) is 2.42. The fraction of sp³-hybridized carbons (Fsp3) is 0.545. The fourth-order valence-electron chi connectivity index (χ4n) is 1.29. The molecule has 0 aliphatic carbocycles. The smallest absolute Gasteiger partial charge is 0.271 e. The summed E-state index contributed by atoms with van der Waals surface area (Å²) in [6, 6.07) is 3.60. The molecule has 1 atom stereocenters. The molecule has 1 amide bonds. The number of nitrogens with two attached hydrogens (primary N) is 1. The van der Waals surface area contributed by atoms with Gasteiger partial charge >= 0.3 is 0 Å². The number of hydrogen-bond donors (Lipinski definition) is 2. The molecule has 0 bridgehead atoms. The van der Waals surface area contributed by atoms with Gasteiger partial charge in [0.25, 0.3) is 5.91 Å². The van der Waals surface area contributed by atoms with Crippen molar-refractivity contribution in [1.29, 1.82) is 0 Å². The van der Waals surface area contributed by atoms with Crippen molar-refractivity contribution in [2.75, 3.05) is 25.5 Å². The molecule has 0 aromatic carbocycles. The largest absolute Gasteiger partial charge is 0.358 e. The second kappa shape index (κ2) is 6.15. The van der Waals surface area contributed by atoms with E-state index in [4.69, 9.17) is 5.73 Å². The molecule has 0 radical (unpaired) electrons. The lowest BCUT2D eigenvalue weighted by Crippen LogP contribution is -2.27. The number of carbonyl (C=O) groups excluding carboxylic acids is 1. The second-order valence-electron chi connectivity index (χ2n) is 4.04. The molecule has 0 fully saturated rings. The van der Waals surface area contributed by atoms with Crippen molar-refractivity contribution in [3.63, 3.8) is 0 Å². The third-order valence-corrected chi connectivity index (χ3v) is 2.42. The molecule has 6 nitrogen and oxygen atoms in total. The van der Waals surface area contributed by atoms with E-state index in [0.29, 0.717) is 5.69 Å². The zero-order valence-corrected chi connectivity index (χ0v) is 10.5. The van der Waals surface area contributed by atoms with Gasteiger partial charge < -0.3 is 16.0 Å². The average molecular weight is 237 g/mol. The van der Waals surface area contributed by atoms with Crippen LogP contribution in [-0.4, -0.2) is 42.8 Å². The maximum absolute atomic E-state index is 11.3. The molecule has 1 aromatic heterocycles. The Morgan fingerprint density at radius 3 is 2.71 bits per heavy atom. The van der Waals surface area contributed by atoms with Crippen LogP contribution >= 0.6 is 0 Å². The molecule has 0 spiro atoms. The van der Waals surface area contributed by atoms with Crippen LogP contribution in [0.2, 0.25) is 0 Å². The SMILES string of the molecule is CNC(=O)c1ccc(N(C)CCC(C)N)nn1. The van der Waals surface area contributed by atoms with Crippen LogP contribution in [0.1, 0.15) is 23.8 Å². The van der Waals surface area contributed by atoms with Gasteiger partial charge in [-0.25, -0.2) is 0 Å². The first kappa shape index (κ1) is 13.4. The highest BCUT2D eigenvalue weighted by Gasteiger charge is 2.08. The highest BCUT2D eigenvalue weighted by molar-refractivity contribution is 5.91. The Labute approximate surface area is 101 Å². The number of anilines is 1. The van der Waals surface area contributed by atoms with Crippen molar-refractivity contribution in [3.05, 3.63) is 17.8 Å². The van der Waals surface area contributed by atoms with Crippen LogP contribution in [-0.2, 0) is 0 Å². The van der Waals surface area contributed by atoms with Gasteiger partial charge in [0.05, 0.1) is 0 Å². The Morgan fingerprint density at radius 1 is 1.53 bits per heavy atom. The van der Waals surface area contributed by atoms with Crippen molar-refractivity contribution in [2.45, 2.75) is 19.4 Å². The fourth-order valence-corrected chi connectivity index (χ4v) is 1.29. The molecule has 17 heavy (non-hydrogen) atoms. The number of rotatable bonds is 5. The van der Waals surface area contributed by atoms with E-state index in [2.05, 4.69) is 15.5 Å². The lowest BCUT2D eigenvalue weighted by molar-refractivity contribution is 0.0957. The highest BCUT2D eigenvalue weighted by Crippen LogP contribution is 2.08. The molecule has 0 saturated heterocycles. The van der Waals surface area contributed by atoms with Crippen molar-refractivity contribution >= 4 is 11.7 Å². The molecule has 0 saturated carbocycles. The predicted octanol–water partition coefficient (Wildman–Crippen LogP) is 0.00970. The quantitative estimate of drug-likeness (QED) is 0.753. The number of hydrogen-bond acceptors (Lipinski definition) is 5. The number of amides is 1. The van der Waals surface area contributed by atoms with E-state index in [-0.39, 0.29) is 11.9 Å². The van der Waals surface area contributed by atoms with E-state index < -0.39 is 0 Å². The summed E-state index contributed by atoms with van der Waals surface area (Å²) in [6.45, 7) is 2.78. The van der Waals surface area contributed by atoms with E-state index in [0.717, 1.165) is 18.8 Å². The number of nitrogens with zero attached hydrogens (tertiary/aromatic N) is 3. The molecule has 0 aliphatic rings. The number of nitrogens with one attached hydrogen (secondary N) is 1. The lowest BCUT2D eigenvalue weighted by Gasteiger charge is -2.18. The average Bonchev–Trinajstić information content (AvgIpc) is 2.35. The van der Waals surface area contributed by atoms with Gasteiger partial charge in [0, 0.05) is 26.7 Å². The minimum Gasteiger partial charge on any atom is -0.358 e. The first-order valence-corrected chi connectivity index (χ1v) is 5.57. The third kappa shape index (κ3) is 3.99. The predicted molar refractivity (Wildman–Crippen MR) is 67.0 cm³/mol. The van der Waals surface area contributed by atoms with Crippen LogP contribution in [0.15, 0.2) is 12.1 Å². The van der Waals surface area contributed by atoms with E-state index in [1.807, 2.05) is 18.9 Å². The summed E-state index contributed by atoms with van der Waals surface area (Å²) in [5.74, 6) is 0.501. The molecule has 0 aliphatic heterocycles. The minimum atomic E-state index is -0.234. The maximum Gasteiger partial charge on any atom is 0.271 e. The minimum absolute atomic E-state index is 0.163. The summed E-state index contributed by atoms with van der Waals surface area (Å²) in [5.41, 5.74) is 6.00. The summed E-state index contributed by atoms with van der Waals surface area (Å²) in [7, 11) is 3.48. The Kier molecular flexibility index (Phi) is 4.84. The molecule has 3 N–H and O–H groups in total. The van der Waals surface area contributed by atoms with Gasteiger partial charge in [-0.05, 0) is 25.5 Å². The van der Waals surface area contributed by atoms with Crippen LogP contribution in [0.25, 0.3) is 0 Å². The van der Waals surface area contributed by atoms with Crippen molar-refractivity contribution in [2.24, 2.45) is 5.73 Å². The van der Waals surface area contributed by atoms with Crippen LogP contribution in [0.4, 0.5) is 5.82 Å². The van der Waals surface area contributed by atoms with Gasteiger partial charge in [-0.1, -0.05) is 0 Å². The maximum atomic E-state index is 11.3. The highest BCUT2D eigenvalue weighted by atomic mass is 16.1. The first-order chi connectivity index (χ1) is 8.04. The monoisotopic (exact) mass is 237 g/mol. The van der Waals surface area contributed by atoms with E-state index in [1.165, 1.54) is 0 Å². The van der Waals surface area contributed by atoms with Crippen LogP contribution < -0.4 is 16.0 Å². The van der Waals surface area contributed by atoms with E-state index >= 15 is 0 Å². The van der Waals surface area contributed by atoms with E-state index in [1.54, 1.807) is 19.2 Å². The zero-order valence-electron chi connectivity index (χ0n) is 10.5. The molecule has 1 aromatic rings. The van der Waals surface area contributed by atoms with Gasteiger partial charge in [0.2, 0.25) is 0 Å². The van der Waals surface area contributed by atoms with Crippen molar-refractivity contribution in [3.8, 4) is 0 Å². The zero-order chi connectivity index (χ0) is 12.8. The Bertz CT molecular complexity index is 363. The summed E-state index contributed by atoms with van der Waals surface area (Å²) in [6.07, 6.45) is 0.884. The van der Waals surface area contributed by atoms with Crippen molar-refractivity contribution in [1.82, 2.24) is 15.5 Å². The molecular weight excluding hydrogens is 218 g/mol. The van der Waals surface area contributed by atoms with Gasteiger partial charge in [-0.15, -0.1) is 10.2 Å². The summed E-state index contributed by atoms with van der Waals surface area (Å²) < 4.78 is 0. The normalized spacial score (nSPS) is 12.0. The molecule has 1 unspecified atom stereocenters. The van der Waals surface area contributed by atoms with Crippen LogP contribution in [0.5, 0.6) is 0 Å². The van der Waals surface area contributed by atoms with Gasteiger partial charge in [-0.3, -0.25) is 4.79 Å². The Hall–Kier alpha value is -1.69. The summed E-state index contributed by atoms with van der Waals surface area (Å²) >= 11 is 0. The van der Waals surface area contributed by atoms with Gasteiger partial charge in [0.1, 0.15) is 0 Å². The summed E-state index contributed by atoms with van der Waals surface area (Å²) in [4.78, 5) is 13.2. The van der Waals surface area contributed by atoms with E-state index in [9.17, 15) is 4.79 Å². The lowest BCUT2D eigenvalue weighted by atomic mass is 10.2. The van der Waals surface area contributed by atoms with Crippen LogP contribution in [0.3, 0.4) is 0 Å². The Morgan fingerprint density at radius 2 is 2.24 bits per heavy atom. The molecule has 6 heteroatoms. The van der Waals surface area contributed by atoms with Crippen molar-refractivity contribution < 1.29 is 4.79 Å². The number of carbonyl (C=O) groups is 1. The second-order valence-corrected chi connectivity index (χ2v) is 4.04. The number of aromatic nitrogens is 2. The molecular formula is C11H19N5O. The Balaban J connectivity index is 2.63. The molecule has 1 heterocycles. The van der Waals surface area contributed by atoms with Crippen LogP contribution in [0, 0.1) is 0 Å². The first-order valence-electron chi connectivity index (χ1n) is 5.57. The topological polar surface area (TPSA) is 84.1 Å². The van der Waals surface area contributed by atoms with Gasteiger partial charge in [0.15, 0.2) is 11.5 Å². The van der Waals surface area contributed by atoms with Gasteiger partial charge in [-0.2, -0.15) is 0 Å². The summed E-state index contributed by atoms with van der Waals surface area (Å²) in [5, 5.41) is 10.4. The standard InChI is InChI=1S/C11H19N5O/c1-8(12)6-7-16(3)10-5-4-9(14-15-10)11(17)13-2/h4-5,8H,6-7,12H2,1-3H3,(H,13,17).